The van der Waals surface area contributed by atoms with Gasteiger partial charge in [-0.05, 0) is 42.3 Å². The fourth-order valence-electron chi connectivity index (χ4n) is 2.12. The molecule has 0 saturated carbocycles. The molecule has 0 heterocycles. The van der Waals surface area contributed by atoms with E-state index in [4.69, 9.17) is 9.47 Å². The van der Waals surface area contributed by atoms with Gasteiger partial charge in [0.05, 0.1) is 19.9 Å². The van der Waals surface area contributed by atoms with E-state index >= 15 is 0 Å². The highest BCUT2D eigenvalue weighted by Gasteiger charge is 2.21. The number of hydrogen-bond acceptors (Lipinski definition) is 4. The average molecular weight is 335 g/mol. The molecule has 0 bridgehead atoms. The zero-order chi connectivity index (χ0) is 17.0. The fraction of sp³-hybridized carbons (Fsp3) is 0.176. The summed E-state index contributed by atoms with van der Waals surface area (Å²) in [6.07, 6.45) is 1.70. The third kappa shape index (κ3) is 3.65. The Kier molecular flexibility index (Phi) is 4.95. The van der Waals surface area contributed by atoms with E-state index in [9.17, 15) is 8.42 Å². The Morgan fingerprint density at radius 1 is 1.13 bits per heavy atom. The van der Waals surface area contributed by atoms with E-state index in [0.29, 0.717) is 11.4 Å². The van der Waals surface area contributed by atoms with E-state index < -0.39 is 10.0 Å². The molecule has 2 aromatic carbocycles. The quantitative estimate of drug-likeness (QED) is 0.874. The van der Waals surface area contributed by atoms with E-state index in [1.165, 1.54) is 20.3 Å². The Morgan fingerprint density at radius 2 is 1.87 bits per heavy atom. The highest BCUT2D eigenvalue weighted by molar-refractivity contribution is 7.92. The van der Waals surface area contributed by atoms with Gasteiger partial charge in [0.15, 0.2) is 0 Å². The molecule has 0 spiro atoms. The van der Waals surface area contributed by atoms with Crippen molar-refractivity contribution in [1.82, 2.24) is 0 Å². The minimum atomic E-state index is -3.81. The Labute approximate surface area is 138 Å². The second-order valence-corrected chi connectivity index (χ2v) is 6.55. The van der Waals surface area contributed by atoms with Crippen LogP contribution in [0.5, 0.6) is 11.5 Å². The number of rotatable bonds is 6. The smallest absolute Gasteiger partial charge is 0.265 e. The highest BCUT2D eigenvalue weighted by Crippen LogP contribution is 2.30. The third-order valence-electron chi connectivity index (χ3n) is 3.39. The molecule has 2 aromatic rings. The first-order valence-electron chi connectivity index (χ1n) is 6.89. The van der Waals surface area contributed by atoms with Crippen molar-refractivity contribution in [2.45, 2.75) is 11.8 Å². The van der Waals surface area contributed by atoms with Gasteiger partial charge in [0.2, 0.25) is 0 Å². The van der Waals surface area contributed by atoms with Gasteiger partial charge in [-0.2, -0.15) is 0 Å². The molecule has 1 N–H and O–H groups in total. The van der Waals surface area contributed by atoms with Crippen LogP contribution in [0.3, 0.4) is 0 Å². The summed E-state index contributed by atoms with van der Waals surface area (Å²) < 4.78 is 38.2. The van der Waals surface area contributed by atoms with Crippen LogP contribution in [0.15, 0.2) is 47.9 Å². The molecule has 0 aliphatic heterocycles. The van der Waals surface area contributed by atoms with Crippen LogP contribution in [0.1, 0.15) is 12.6 Å². The van der Waals surface area contributed by atoms with E-state index in [1.807, 2.05) is 13.0 Å². The van der Waals surface area contributed by atoms with Crippen LogP contribution in [-0.2, 0) is 10.0 Å². The fourth-order valence-corrected chi connectivity index (χ4v) is 3.44. The molecule has 0 aromatic heterocycles. The molecule has 23 heavy (non-hydrogen) atoms. The summed E-state index contributed by atoms with van der Waals surface area (Å²) in [5.74, 6) is 0.684. The molecule has 124 valence electrons. The monoisotopic (exact) mass is 335 g/mol. The molecule has 0 aliphatic rings. The Morgan fingerprint density at radius 3 is 2.43 bits per heavy atom. The lowest BCUT2D eigenvalue weighted by Gasteiger charge is -2.14. The number of hydrogen-bond donors (Lipinski definition) is 1. The van der Waals surface area contributed by atoms with Crippen LogP contribution in [-0.4, -0.2) is 22.6 Å². The molecule has 0 unspecified atom stereocenters. The van der Waals surface area contributed by atoms with E-state index in [1.54, 1.807) is 30.3 Å². The van der Waals surface area contributed by atoms with Gasteiger partial charge in [-0.25, -0.2) is 8.42 Å². The molecule has 5 nitrogen and oxygen atoms in total. The molecule has 0 atom stereocenters. The van der Waals surface area contributed by atoms with Crippen LogP contribution in [0.25, 0.3) is 6.08 Å². The standard InChI is InChI=1S/C17H19NO4S.H2/c1-5-13-6-8-15(12(2)10-13)18-23(19,20)17-11-14(21-3)7-9-16(17)22-4;/h5-11,18H,1H2,2-4H3;1H. The predicted octanol–water partition coefficient (Wildman–Crippen LogP) is 3.70. The van der Waals surface area contributed by atoms with Crippen molar-refractivity contribution in [3.05, 3.63) is 54.1 Å². The molecule has 0 fully saturated rings. The number of anilines is 1. The summed E-state index contributed by atoms with van der Waals surface area (Å²) in [5, 5.41) is 0. The van der Waals surface area contributed by atoms with Crippen LogP contribution >= 0.6 is 0 Å². The minimum Gasteiger partial charge on any atom is -0.497 e. The number of nitrogens with one attached hydrogen (secondary N) is 1. The van der Waals surface area contributed by atoms with Crippen molar-refractivity contribution in [3.8, 4) is 11.5 Å². The zero-order valence-electron chi connectivity index (χ0n) is 13.3. The van der Waals surface area contributed by atoms with Gasteiger partial charge in [-0.1, -0.05) is 18.7 Å². The van der Waals surface area contributed by atoms with Crippen molar-refractivity contribution in [2.24, 2.45) is 0 Å². The maximum atomic E-state index is 12.7. The first-order valence-corrected chi connectivity index (χ1v) is 8.37. The summed E-state index contributed by atoms with van der Waals surface area (Å²) in [4.78, 5) is 0.0200. The molecule has 2 rings (SSSR count). The summed E-state index contributed by atoms with van der Waals surface area (Å²) in [6, 6.07) is 9.97. The lowest BCUT2D eigenvalue weighted by molar-refractivity contribution is 0.392. The van der Waals surface area contributed by atoms with Crippen LogP contribution < -0.4 is 14.2 Å². The lowest BCUT2D eigenvalue weighted by atomic mass is 10.1. The van der Waals surface area contributed by atoms with Gasteiger partial charge >= 0.3 is 0 Å². The van der Waals surface area contributed by atoms with Gasteiger partial charge in [0.25, 0.3) is 10.0 Å². The summed E-state index contributed by atoms with van der Waals surface area (Å²) in [7, 11) is -0.914. The van der Waals surface area contributed by atoms with E-state index in [-0.39, 0.29) is 12.1 Å². The third-order valence-corrected chi connectivity index (χ3v) is 4.78. The largest absolute Gasteiger partial charge is 0.497 e. The van der Waals surface area contributed by atoms with Crippen molar-refractivity contribution >= 4 is 21.8 Å². The molecular weight excluding hydrogens is 314 g/mol. The van der Waals surface area contributed by atoms with E-state index in [0.717, 1.165) is 11.1 Å². The number of ether oxygens (including phenoxy) is 2. The first kappa shape index (κ1) is 16.9. The second-order valence-electron chi connectivity index (χ2n) is 4.90. The van der Waals surface area contributed by atoms with Crippen LogP contribution in [0, 0.1) is 6.92 Å². The molecular formula is C17H21NO4S. The topological polar surface area (TPSA) is 64.6 Å². The first-order chi connectivity index (χ1) is 10.9. The Bertz CT molecular complexity index is 834. The van der Waals surface area contributed by atoms with Crippen molar-refractivity contribution in [1.29, 1.82) is 0 Å². The zero-order valence-corrected chi connectivity index (χ0v) is 14.1. The maximum Gasteiger partial charge on any atom is 0.265 e. The second kappa shape index (κ2) is 6.75. The van der Waals surface area contributed by atoms with Gasteiger partial charge < -0.3 is 9.47 Å². The number of benzene rings is 2. The van der Waals surface area contributed by atoms with Gasteiger partial charge in [-0.3, -0.25) is 4.72 Å². The van der Waals surface area contributed by atoms with Crippen molar-refractivity contribution in [3.63, 3.8) is 0 Å². The molecule has 0 radical (unpaired) electrons. The summed E-state index contributed by atoms with van der Waals surface area (Å²) in [6.45, 7) is 5.52. The van der Waals surface area contributed by atoms with Gasteiger partial charge in [-0.15, -0.1) is 0 Å². The maximum absolute atomic E-state index is 12.7. The summed E-state index contributed by atoms with van der Waals surface area (Å²) in [5.41, 5.74) is 2.22. The summed E-state index contributed by atoms with van der Waals surface area (Å²) >= 11 is 0. The number of aryl methyl sites for hydroxylation is 1. The Hall–Kier alpha value is -2.47. The minimum absolute atomic E-state index is 0. The lowest BCUT2D eigenvalue weighted by Crippen LogP contribution is -2.15. The van der Waals surface area contributed by atoms with Crippen LogP contribution in [0.2, 0.25) is 0 Å². The van der Waals surface area contributed by atoms with Crippen LogP contribution in [0.4, 0.5) is 5.69 Å². The van der Waals surface area contributed by atoms with Crippen molar-refractivity contribution < 1.29 is 19.3 Å². The number of sulfonamides is 1. The normalized spacial score (nSPS) is 10.9. The number of methoxy groups -OCH3 is 2. The molecule has 0 aliphatic carbocycles. The van der Waals surface area contributed by atoms with Gasteiger partial charge in [0.1, 0.15) is 16.4 Å². The predicted molar refractivity (Wildman–Crippen MR) is 93.7 cm³/mol. The molecule has 0 saturated heterocycles. The molecule has 6 heteroatoms. The molecule has 0 amide bonds. The highest BCUT2D eigenvalue weighted by atomic mass is 32.2. The van der Waals surface area contributed by atoms with Gasteiger partial charge in [0, 0.05) is 7.49 Å². The SMILES string of the molecule is C=Cc1ccc(NS(=O)(=O)c2cc(OC)ccc2OC)c(C)c1.[HH]. The average Bonchev–Trinajstić information content (AvgIpc) is 2.55. The van der Waals surface area contributed by atoms with Crippen molar-refractivity contribution in [2.75, 3.05) is 18.9 Å². The Balaban J connectivity index is 0.00000288. The van der Waals surface area contributed by atoms with E-state index in [2.05, 4.69) is 11.3 Å².